The van der Waals surface area contributed by atoms with Gasteiger partial charge in [-0.1, -0.05) is 19.3 Å². The van der Waals surface area contributed by atoms with E-state index in [1.165, 1.54) is 19.3 Å². The molecular weight excluding hydrogens is 270 g/mol. The third-order valence-electron chi connectivity index (χ3n) is 3.65. The lowest BCUT2D eigenvalue weighted by Crippen LogP contribution is -2.20. The molecule has 0 aromatic heterocycles. The summed E-state index contributed by atoms with van der Waals surface area (Å²) in [7, 11) is 0. The van der Waals surface area contributed by atoms with E-state index in [4.69, 9.17) is 15.2 Å². The van der Waals surface area contributed by atoms with Crippen LogP contribution in [0.5, 0.6) is 5.75 Å². The van der Waals surface area contributed by atoms with Crippen molar-refractivity contribution in [1.82, 2.24) is 0 Å². The van der Waals surface area contributed by atoms with E-state index in [9.17, 15) is 9.59 Å². The lowest BCUT2D eigenvalue weighted by Gasteiger charge is -2.21. The lowest BCUT2D eigenvalue weighted by molar-refractivity contribution is -0.119. The van der Waals surface area contributed by atoms with Gasteiger partial charge in [0.2, 0.25) is 0 Å². The molecule has 5 nitrogen and oxygen atoms in total. The molecule has 0 atom stereocenters. The van der Waals surface area contributed by atoms with Crippen LogP contribution in [0.1, 0.15) is 42.5 Å². The Hall–Kier alpha value is -2.04. The van der Waals surface area contributed by atoms with Crippen LogP contribution in [0, 0.1) is 5.92 Å². The Morgan fingerprint density at radius 1 is 1.10 bits per heavy atom. The number of hydrogen-bond acceptors (Lipinski definition) is 4. The molecule has 2 N–H and O–H groups in total. The Balaban J connectivity index is 1.80. The van der Waals surface area contributed by atoms with E-state index >= 15 is 0 Å². The number of primary amides is 1. The van der Waals surface area contributed by atoms with Crippen molar-refractivity contribution in [1.29, 1.82) is 0 Å². The molecule has 21 heavy (non-hydrogen) atoms. The van der Waals surface area contributed by atoms with Crippen molar-refractivity contribution in [2.24, 2.45) is 11.7 Å². The van der Waals surface area contributed by atoms with Gasteiger partial charge in [0, 0.05) is 0 Å². The average Bonchev–Trinajstić information content (AvgIpc) is 2.52. The monoisotopic (exact) mass is 291 g/mol. The van der Waals surface area contributed by atoms with Gasteiger partial charge in [0.05, 0.1) is 12.2 Å². The Labute approximate surface area is 124 Å². The van der Waals surface area contributed by atoms with Gasteiger partial charge in [-0.3, -0.25) is 4.79 Å². The fourth-order valence-corrected chi connectivity index (χ4v) is 2.47. The van der Waals surface area contributed by atoms with Gasteiger partial charge in [0.25, 0.3) is 5.91 Å². The van der Waals surface area contributed by atoms with Gasteiger partial charge in [-0.15, -0.1) is 0 Å². The Morgan fingerprint density at radius 2 is 1.76 bits per heavy atom. The van der Waals surface area contributed by atoms with E-state index in [0.29, 0.717) is 23.8 Å². The second-order valence-electron chi connectivity index (χ2n) is 5.38. The van der Waals surface area contributed by atoms with Gasteiger partial charge in [-0.05, 0) is 43.0 Å². The first-order valence-corrected chi connectivity index (χ1v) is 7.33. The summed E-state index contributed by atoms with van der Waals surface area (Å²) in [6.45, 7) is 0.324. The summed E-state index contributed by atoms with van der Waals surface area (Å²) in [6, 6.07) is 6.50. The highest BCUT2D eigenvalue weighted by atomic mass is 16.5. The van der Waals surface area contributed by atoms with Crippen LogP contribution < -0.4 is 10.5 Å². The standard InChI is InChI=1S/C16H21NO4/c17-15(18)11-20-14-8-6-13(7-9-14)16(19)21-10-12-4-2-1-3-5-12/h6-9,12H,1-5,10-11H2,(H2,17,18). The molecule has 1 aliphatic rings. The second kappa shape index (κ2) is 7.67. The van der Waals surface area contributed by atoms with E-state index in [0.717, 1.165) is 12.8 Å². The molecule has 5 heteroatoms. The first-order valence-electron chi connectivity index (χ1n) is 7.33. The summed E-state index contributed by atoms with van der Waals surface area (Å²) in [5.74, 6) is 0.145. The van der Waals surface area contributed by atoms with E-state index in [1.807, 2.05) is 0 Å². The van der Waals surface area contributed by atoms with Gasteiger partial charge >= 0.3 is 5.97 Å². The lowest BCUT2D eigenvalue weighted by atomic mass is 9.90. The van der Waals surface area contributed by atoms with Gasteiger partial charge in [-0.25, -0.2) is 4.79 Å². The van der Waals surface area contributed by atoms with Crippen molar-refractivity contribution in [3.05, 3.63) is 29.8 Å². The molecule has 0 bridgehead atoms. The highest BCUT2D eigenvalue weighted by Gasteiger charge is 2.16. The predicted molar refractivity (Wildman–Crippen MR) is 78.0 cm³/mol. The molecule has 1 saturated carbocycles. The smallest absolute Gasteiger partial charge is 0.338 e. The molecule has 114 valence electrons. The van der Waals surface area contributed by atoms with Crippen LogP contribution in [0.3, 0.4) is 0 Å². The minimum absolute atomic E-state index is 0.175. The van der Waals surface area contributed by atoms with Gasteiger partial charge < -0.3 is 15.2 Å². The van der Waals surface area contributed by atoms with E-state index < -0.39 is 5.91 Å². The summed E-state index contributed by atoms with van der Waals surface area (Å²) in [5, 5.41) is 0. The Bertz CT molecular complexity index is 478. The van der Waals surface area contributed by atoms with Crippen molar-refractivity contribution in [2.45, 2.75) is 32.1 Å². The second-order valence-corrected chi connectivity index (χ2v) is 5.38. The SMILES string of the molecule is NC(=O)COc1ccc(C(=O)OCC2CCCCC2)cc1. The molecular formula is C16H21NO4. The summed E-state index contributed by atoms with van der Waals surface area (Å²) in [6.07, 6.45) is 6.04. The fraction of sp³-hybridized carbons (Fsp3) is 0.500. The molecule has 1 aliphatic carbocycles. The number of benzene rings is 1. The predicted octanol–water partition coefficient (Wildman–Crippen LogP) is 2.29. The summed E-state index contributed by atoms with van der Waals surface area (Å²) in [4.78, 5) is 22.5. The summed E-state index contributed by atoms with van der Waals surface area (Å²) in [5.41, 5.74) is 5.47. The zero-order valence-corrected chi connectivity index (χ0v) is 12.0. The third-order valence-corrected chi connectivity index (χ3v) is 3.65. The van der Waals surface area contributed by atoms with Gasteiger partial charge in [-0.2, -0.15) is 0 Å². The topological polar surface area (TPSA) is 78.6 Å². The highest BCUT2D eigenvalue weighted by molar-refractivity contribution is 5.89. The van der Waals surface area contributed by atoms with E-state index in [1.54, 1.807) is 24.3 Å². The molecule has 0 radical (unpaired) electrons. The van der Waals surface area contributed by atoms with Crippen molar-refractivity contribution in [3.8, 4) is 5.75 Å². The molecule has 0 unspecified atom stereocenters. The largest absolute Gasteiger partial charge is 0.484 e. The minimum Gasteiger partial charge on any atom is -0.484 e. The zero-order valence-electron chi connectivity index (χ0n) is 12.0. The van der Waals surface area contributed by atoms with Crippen LogP contribution in [0.25, 0.3) is 0 Å². The summed E-state index contributed by atoms with van der Waals surface area (Å²) >= 11 is 0. The number of ether oxygens (including phenoxy) is 2. The van der Waals surface area contributed by atoms with Crippen LogP contribution in [-0.4, -0.2) is 25.1 Å². The quantitative estimate of drug-likeness (QED) is 0.816. The number of hydrogen-bond donors (Lipinski definition) is 1. The minimum atomic E-state index is -0.536. The normalized spacial score (nSPS) is 15.4. The molecule has 2 rings (SSSR count). The number of nitrogens with two attached hydrogens (primary N) is 1. The highest BCUT2D eigenvalue weighted by Crippen LogP contribution is 2.24. The fourth-order valence-electron chi connectivity index (χ4n) is 2.47. The molecule has 1 aromatic carbocycles. The van der Waals surface area contributed by atoms with Crippen LogP contribution in [0.2, 0.25) is 0 Å². The van der Waals surface area contributed by atoms with Gasteiger partial charge in [0.15, 0.2) is 6.61 Å². The van der Waals surface area contributed by atoms with Crippen LogP contribution in [0.15, 0.2) is 24.3 Å². The number of rotatable bonds is 6. The van der Waals surface area contributed by atoms with Gasteiger partial charge in [0.1, 0.15) is 5.75 Å². The molecule has 1 amide bonds. The molecule has 0 heterocycles. The summed E-state index contributed by atoms with van der Waals surface area (Å²) < 4.78 is 10.5. The van der Waals surface area contributed by atoms with Crippen LogP contribution >= 0.6 is 0 Å². The maximum atomic E-state index is 11.9. The molecule has 0 aliphatic heterocycles. The maximum absolute atomic E-state index is 11.9. The first-order chi connectivity index (χ1) is 10.1. The van der Waals surface area contributed by atoms with E-state index in [2.05, 4.69) is 0 Å². The van der Waals surface area contributed by atoms with Crippen molar-refractivity contribution >= 4 is 11.9 Å². The number of amides is 1. The number of carbonyl (C=O) groups is 2. The van der Waals surface area contributed by atoms with E-state index in [-0.39, 0.29) is 12.6 Å². The van der Waals surface area contributed by atoms with Crippen molar-refractivity contribution < 1.29 is 19.1 Å². The molecule has 1 fully saturated rings. The first kappa shape index (κ1) is 15.4. The molecule has 0 saturated heterocycles. The Morgan fingerprint density at radius 3 is 2.38 bits per heavy atom. The molecule has 1 aromatic rings. The maximum Gasteiger partial charge on any atom is 0.338 e. The van der Waals surface area contributed by atoms with Crippen LogP contribution in [-0.2, 0) is 9.53 Å². The zero-order chi connectivity index (χ0) is 15.1. The van der Waals surface area contributed by atoms with Crippen molar-refractivity contribution in [2.75, 3.05) is 13.2 Å². The van der Waals surface area contributed by atoms with Crippen molar-refractivity contribution in [3.63, 3.8) is 0 Å². The van der Waals surface area contributed by atoms with Crippen LogP contribution in [0.4, 0.5) is 0 Å². The molecule has 0 spiro atoms. The third kappa shape index (κ3) is 5.10. The Kier molecular flexibility index (Phi) is 5.60. The number of esters is 1. The average molecular weight is 291 g/mol. The number of carbonyl (C=O) groups excluding carboxylic acids is 2.